The Bertz CT molecular complexity index is 681. The van der Waals surface area contributed by atoms with Crippen LogP contribution in [0.1, 0.15) is 17.0 Å². The van der Waals surface area contributed by atoms with E-state index in [0.717, 1.165) is 23.4 Å². The van der Waals surface area contributed by atoms with Crippen molar-refractivity contribution in [2.24, 2.45) is 0 Å². The molecular weight excluding hydrogens is 222 g/mol. The minimum absolute atomic E-state index is 0.764. The number of aromatic nitrogens is 2. The predicted octanol–water partition coefficient (Wildman–Crippen LogP) is 2.82. The molecule has 0 atom stereocenters. The van der Waals surface area contributed by atoms with Crippen LogP contribution in [-0.2, 0) is 6.42 Å². The fraction of sp³-hybridized carbons (Fsp3) is 0.133. The lowest BCUT2D eigenvalue weighted by atomic mass is 10.1. The third kappa shape index (κ3) is 1.84. The normalized spacial score (nSPS) is 10.9. The van der Waals surface area contributed by atoms with E-state index >= 15 is 0 Å². The highest BCUT2D eigenvalue weighted by Gasteiger charge is 2.06. The number of imidazole rings is 1. The molecule has 0 aliphatic heterocycles. The number of hydrogen-bond donors (Lipinski definition) is 1. The van der Waals surface area contributed by atoms with Crippen molar-refractivity contribution in [2.45, 2.75) is 13.3 Å². The lowest BCUT2D eigenvalue weighted by molar-refractivity contribution is 0.961. The van der Waals surface area contributed by atoms with Crippen LogP contribution in [0.4, 0.5) is 5.69 Å². The van der Waals surface area contributed by atoms with Crippen molar-refractivity contribution in [1.29, 1.82) is 0 Å². The number of nitrogens with two attached hydrogens (primary N) is 1. The maximum Gasteiger partial charge on any atom is 0.117 e. The zero-order valence-electron chi connectivity index (χ0n) is 10.3. The molecule has 3 nitrogen and oxygen atoms in total. The van der Waals surface area contributed by atoms with Crippen LogP contribution >= 0.6 is 0 Å². The third-order valence-electron chi connectivity index (χ3n) is 3.16. The van der Waals surface area contributed by atoms with Gasteiger partial charge in [0.1, 0.15) is 5.82 Å². The van der Waals surface area contributed by atoms with Crippen molar-refractivity contribution >= 4 is 11.2 Å². The van der Waals surface area contributed by atoms with E-state index in [0.29, 0.717) is 0 Å². The Kier molecular flexibility index (Phi) is 2.52. The quantitative estimate of drug-likeness (QED) is 0.744. The highest BCUT2D eigenvalue weighted by molar-refractivity contribution is 5.68. The maximum absolute atomic E-state index is 5.92. The Morgan fingerprint density at radius 2 is 1.94 bits per heavy atom. The predicted molar refractivity (Wildman–Crippen MR) is 73.6 cm³/mol. The first-order valence-electron chi connectivity index (χ1n) is 6.00. The highest BCUT2D eigenvalue weighted by Crippen LogP contribution is 2.16. The molecule has 0 radical (unpaired) electrons. The van der Waals surface area contributed by atoms with Gasteiger partial charge in [0, 0.05) is 12.6 Å². The highest BCUT2D eigenvalue weighted by atomic mass is 15.0. The van der Waals surface area contributed by atoms with Gasteiger partial charge >= 0.3 is 0 Å². The molecular formula is C15H15N3. The fourth-order valence-electron chi connectivity index (χ4n) is 2.12. The van der Waals surface area contributed by atoms with Crippen molar-refractivity contribution in [1.82, 2.24) is 9.38 Å². The van der Waals surface area contributed by atoms with Gasteiger partial charge in [-0.1, -0.05) is 29.8 Å². The Morgan fingerprint density at radius 1 is 1.17 bits per heavy atom. The van der Waals surface area contributed by atoms with Gasteiger partial charge in [-0.2, -0.15) is 0 Å². The van der Waals surface area contributed by atoms with Gasteiger partial charge in [0.15, 0.2) is 0 Å². The van der Waals surface area contributed by atoms with Crippen molar-refractivity contribution in [3.8, 4) is 0 Å². The molecule has 90 valence electrons. The van der Waals surface area contributed by atoms with Crippen LogP contribution in [0.5, 0.6) is 0 Å². The lowest BCUT2D eigenvalue weighted by Crippen LogP contribution is -1.97. The van der Waals surface area contributed by atoms with Gasteiger partial charge in [-0.05, 0) is 24.6 Å². The second kappa shape index (κ2) is 4.18. The molecule has 0 saturated heterocycles. The number of fused-ring (bicyclic) bond motifs is 1. The average Bonchev–Trinajstić information content (AvgIpc) is 2.77. The first kappa shape index (κ1) is 10.8. The van der Waals surface area contributed by atoms with Gasteiger partial charge in [0.2, 0.25) is 0 Å². The summed E-state index contributed by atoms with van der Waals surface area (Å²) in [6.07, 6.45) is 4.65. The van der Waals surface area contributed by atoms with Crippen LogP contribution in [0, 0.1) is 6.92 Å². The van der Waals surface area contributed by atoms with E-state index in [4.69, 9.17) is 5.73 Å². The molecule has 3 rings (SSSR count). The monoisotopic (exact) mass is 237 g/mol. The van der Waals surface area contributed by atoms with Gasteiger partial charge in [0.05, 0.1) is 17.4 Å². The maximum atomic E-state index is 5.92. The molecule has 0 spiro atoms. The molecule has 0 bridgehead atoms. The Balaban J connectivity index is 2.00. The first-order valence-corrected chi connectivity index (χ1v) is 6.00. The summed E-state index contributed by atoms with van der Waals surface area (Å²) in [4.78, 5) is 4.46. The molecule has 0 amide bonds. The molecule has 0 aliphatic rings. The summed E-state index contributed by atoms with van der Waals surface area (Å²) in [6.45, 7) is 2.09. The Labute approximate surface area is 106 Å². The summed E-state index contributed by atoms with van der Waals surface area (Å²) in [6, 6.07) is 12.4. The summed E-state index contributed by atoms with van der Waals surface area (Å²) in [5.74, 6) is 1.01. The molecule has 1 aromatic carbocycles. The minimum atomic E-state index is 0.764. The van der Waals surface area contributed by atoms with E-state index in [1.54, 1.807) is 0 Å². The third-order valence-corrected chi connectivity index (χ3v) is 3.16. The Hall–Kier alpha value is -2.29. The van der Waals surface area contributed by atoms with Gasteiger partial charge in [-0.15, -0.1) is 0 Å². The van der Waals surface area contributed by atoms with Gasteiger partial charge < -0.3 is 10.1 Å². The van der Waals surface area contributed by atoms with Gasteiger partial charge in [-0.25, -0.2) is 4.98 Å². The molecule has 0 saturated carbocycles. The smallest absolute Gasteiger partial charge is 0.117 e. The van der Waals surface area contributed by atoms with Crippen LogP contribution < -0.4 is 5.73 Å². The molecule has 18 heavy (non-hydrogen) atoms. The van der Waals surface area contributed by atoms with Gasteiger partial charge in [-0.3, -0.25) is 0 Å². The van der Waals surface area contributed by atoms with Crippen LogP contribution in [0.2, 0.25) is 0 Å². The zero-order valence-corrected chi connectivity index (χ0v) is 10.3. The van der Waals surface area contributed by atoms with Crippen LogP contribution in [0.15, 0.2) is 48.8 Å². The van der Waals surface area contributed by atoms with E-state index in [1.165, 1.54) is 11.1 Å². The molecule has 2 N–H and O–H groups in total. The van der Waals surface area contributed by atoms with Crippen molar-refractivity contribution in [3.63, 3.8) is 0 Å². The number of hydrogen-bond acceptors (Lipinski definition) is 2. The zero-order chi connectivity index (χ0) is 12.5. The number of nitrogens with zero attached hydrogens (tertiary/aromatic N) is 2. The molecule has 2 heterocycles. The fourth-order valence-corrected chi connectivity index (χ4v) is 2.12. The molecule has 3 aromatic rings. The number of rotatable bonds is 2. The summed E-state index contributed by atoms with van der Waals surface area (Å²) in [5.41, 5.74) is 10.2. The lowest BCUT2D eigenvalue weighted by Gasteiger charge is -2.03. The standard InChI is InChI=1S/C15H15N3/c1-11-4-6-12(7-5-11)9-15-17-10-14-13(16)3-2-8-18(14)15/h2-8,10H,9,16H2,1H3. The molecule has 0 unspecified atom stereocenters. The summed E-state index contributed by atoms with van der Waals surface area (Å²) >= 11 is 0. The second-order valence-electron chi connectivity index (χ2n) is 4.56. The molecule has 3 heteroatoms. The summed E-state index contributed by atoms with van der Waals surface area (Å²) in [7, 11) is 0. The van der Waals surface area contributed by atoms with Crippen molar-refractivity contribution in [3.05, 3.63) is 65.7 Å². The number of pyridine rings is 1. The van der Waals surface area contributed by atoms with E-state index in [-0.39, 0.29) is 0 Å². The van der Waals surface area contributed by atoms with E-state index < -0.39 is 0 Å². The minimum Gasteiger partial charge on any atom is -0.397 e. The molecule has 0 aliphatic carbocycles. The number of anilines is 1. The number of aryl methyl sites for hydroxylation is 1. The Morgan fingerprint density at radius 3 is 2.72 bits per heavy atom. The van der Waals surface area contributed by atoms with Crippen LogP contribution in [0.3, 0.4) is 0 Å². The van der Waals surface area contributed by atoms with E-state index in [1.807, 2.05) is 24.5 Å². The SMILES string of the molecule is Cc1ccc(Cc2ncc3c(N)cccn23)cc1. The first-order chi connectivity index (χ1) is 8.74. The second-order valence-corrected chi connectivity index (χ2v) is 4.56. The number of nitrogen functional groups attached to an aromatic ring is 1. The van der Waals surface area contributed by atoms with Crippen molar-refractivity contribution < 1.29 is 0 Å². The van der Waals surface area contributed by atoms with E-state index in [2.05, 4.69) is 40.6 Å². The summed E-state index contributed by atoms with van der Waals surface area (Å²) in [5, 5.41) is 0. The number of benzene rings is 1. The van der Waals surface area contributed by atoms with E-state index in [9.17, 15) is 0 Å². The largest absolute Gasteiger partial charge is 0.397 e. The topological polar surface area (TPSA) is 43.3 Å². The van der Waals surface area contributed by atoms with Crippen LogP contribution in [0.25, 0.3) is 5.52 Å². The van der Waals surface area contributed by atoms with Crippen molar-refractivity contribution in [2.75, 3.05) is 5.73 Å². The van der Waals surface area contributed by atoms with Crippen LogP contribution in [-0.4, -0.2) is 9.38 Å². The van der Waals surface area contributed by atoms with Gasteiger partial charge in [0.25, 0.3) is 0 Å². The summed E-state index contributed by atoms with van der Waals surface area (Å²) < 4.78 is 2.05. The average molecular weight is 237 g/mol. The molecule has 0 fully saturated rings. The molecule has 2 aromatic heterocycles.